The Labute approximate surface area is 241 Å². The molecule has 0 aliphatic rings. The van der Waals surface area contributed by atoms with Gasteiger partial charge in [-0.3, -0.25) is 9.52 Å². The van der Waals surface area contributed by atoms with Crippen LogP contribution in [0.3, 0.4) is 0 Å². The highest BCUT2D eigenvalue weighted by atomic mass is 32.2. The molecule has 4 N–H and O–H groups in total. The number of carbonyl (C=O) groups is 1. The van der Waals surface area contributed by atoms with E-state index < -0.39 is 22.1 Å². The summed E-state index contributed by atoms with van der Waals surface area (Å²) in [5, 5.41) is 23.2. The van der Waals surface area contributed by atoms with Gasteiger partial charge in [-0.2, -0.15) is 0 Å². The lowest BCUT2D eigenvalue weighted by atomic mass is 9.99. The van der Waals surface area contributed by atoms with Crippen molar-refractivity contribution < 1.29 is 23.4 Å². The molecule has 0 saturated carbocycles. The van der Waals surface area contributed by atoms with Crippen molar-refractivity contribution in [1.82, 2.24) is 14.9 Å². The average molecular weight is 577 g/mol. The number of anilines is 1. The summed E-state index contributed by atoms with van der Waals surface area (Å²) in [5.41, 5.74) is 3.42. The molecule has 41 heavy (non-hydrogen) atoms. The van der Waals surface area contributed by atoms with Crippen molar-refractivity contribution in [3.8, 4) is 11.3 Å². The number of hydrogen-bond donors (Lipinski definition) is 4. The fraction of sp³-hybridized carbons (Fsp3) is 0.290. The number of aliphatic carboxylic acids is 1. The van der Waals surface area contributed by atoms with Crippen LogP contribution in [-0.2, 0) is 27.8 Å². The maximum Gasteiger partial charge on any atom is 0.303 e. The van der Waals surface area contributed by atoms with Gasteiger partial charge in [-0.15, -0.1) is 0 Å². The van der Waals surface area contributed by atoms with E-state index in [9.17, 15) is 18.3 Å². The molecule has 1 heterocycles. The minimum absolute atomic E-state index is 0.0904. The summed E-state index contributed by atoms with van der Waals surface area (Å²) < 4.78 is 29.9. The molecule has 0 amide bonds. The molecule has 1 unspecified atom stereocenters. The molecular formula is C31H36N4O5S. The van der Waals surface area contributed by atoms with Crippen LogP contribution in [-0.4, -0.2) is 46.2 Å². The number of carboxylic acid groups (broad SMARTS) is 1. The Kier molecular flexibility index (Phi) is 9.59. The van der Waals surface area contributed by atoms with Crippen molar-refractivity contribution in [3.63, 3.8) is 0 Å². The molecule has 4 rings (SSSR count). The number of nitrogens with zero attached hydrogens (tertiary/aromatic N) is 2. The zero-order valence-electron chi connectivity index (χ0n) is 23.2. The highest BCUT2D eigenvalue weighted by Crippen LogP contribution is 2.23. The molecule has 1 atom stereocenters. The summed E-state index contributed by atoms with van der Waals surface area (Å²) in [5.74, 6) is -0.816. The molecule has 0 saturated heterocycles. The van der Waals surface area contributed by atoms with Crippen molar-refractivity contribution in [2.75, 3.05) is 11.3 Å². The molecule has 9 nitrogen and oxygen atoms in total. The molecule has 10 heteroatoms. The van der Waals surface area contributed by atoms with E-state index in [2.05, 4.69) is 28.9 Å². The predicted molar refractivity (Wildman–Crippen MR) is 159 cm³/mol. The molecular weight excluding hydrogens is 540 g/mol. The van der Waals surface area contributed by atoms with Gasteiger partial charge in [-0.25, -0.2) is 13.4 Å². The first-order valence-corrected chi connectivity index (χ1v) is 14.9. The highest BCUT2D eigenvalue weighted by molar-refractivity contribution is 7.92. The summed E-state index contributed by atoms with van der Waals surface area (Å²) in [6, 6.07) is 22.7. The van der Waals surface area contributed by atoms with Gasteiger partial charge in [-0.1, -0.05) is 48.5 Å². The van der Waals surface area contributed by atoms with E-state index in [4.69, 9.17) is 5.11 Å². The SMILES string of the molecule is CC(C)(CCn1cnc(-c2cccc(CCC(=O)O)c2)c1)NCC(O)c1cccc(NS(=O)(=O)c2ccccc2)c1. The summed E-state index contributed by atoms with van der Waals surface area (Å²) in [7, 11) is -3.73. The van der Waals surface area contributed by atoms with Crippen LogP contribution in [0.4, 0.5) is 5.69 Å². The Hall–Kier alpha value is -3.99. The number of aliphatic hydroxyl groups is 1. The average Bonchev–Trinajstić information content (AvgIpc) is 3.44. The van der Waals surface area contributed by atoms with Gasteiger partial charge >= 0.3 is 5.97 Å². The van der Waals surface area contributed by atoms with Crippen molar-refractivity contribution in [3.05, 3.63) is 103 Å². The second-order valence-electron chi connectivity index (χ2n) is 10.7. The first-order valence-electron chi connectivity index (χ1n) is 13.4. The maximum absolute atomic E-state index is 12.7. The van der Waals surface area contributed by atoms with Crippen LogP contribution < -0.4 is 10.0 Å². The number of β-amino-alcohol motifs (C(OH)–C–C–N with tert-alkyl or cyclic N) is 1. The molecule has 0 aliphatic heterocycles. The van der Waals surface area contributed by atoms with Crippen LogP contribution in [0.15, 0.2) is 96.3 Å². The summed E-state index contributed by atoms with van der Waals surface area (Å²) in [4.78, 5) is 15.6. The van der Waals surface area contributed by atoms with E-state index in [1.807, 2.05) is 35.0 Å². The fourth-order valence-corrected chi connectivity index (χ4v) is 5.45. The lowest BCUT2D eigenvalue weighted by Crippen LogP contribution is -2.42. The molecule has 0 bridgehead atoms. The lowest BCUT2D eigenvalue weighted by Gasteiger charge is -2.28. The molecule has 0 radical (unpaired) electrons. The standard InChI is InChI=1S/C31H36N4O5S/c1-31(2,16-17-35-21-28(32-22-35)24-9-6-8-23(18-24)14-15-30(37)38)33-20-29(36)25-10-7-11-26(19-25)34-41(39,40)27-12-4-3-5-13-27/h3-13,18-19,21-22,29,33-34,36H,14-17,20H2,1-2H3,(H,37,38). The summed E-state index contributed by atoms with van der Waals surface area (Å²) >= 11 is 0. The molecule has 1 aromatic heterocycles. The Morgan fingerprint density at radius 3 is 2.54 bits per heavy atom. The summed E-state index contributed by atoms with van der Waals surface area (Å²) in [6.45, 7) is 5.13. The Morgan fingerprint density at radius 2 is 1.78 bits per heavy atom. The van der Waals surface area contributed by atoms with Crippen molar-refractivity contribution in [2.24, 2.45) is 0 Å². The minimum atomic E-state index is -3.73. The van der Waals surface area contributed by atoms with E-state index in [1.165, 1.54) is 12.1 Å². The normalized spacial score (nSPS) is 12.7. The van der Waals surface area contributed by atoms with Gasteiger partial charge in [0.05, 0.1) is 23.0 Å². The topological polar surface area (TPSA) is 134 Å². The number of carboxylic acids is 1. The van der Waals surface area contributed by atoms with Crippen LogP contribution in [0.1, 0.15) is 43.9 Å². The van der Waals surface area contributed by atoms with E-state index in [-0.39, 0.29) is 16.9 Å². The Morgan fingerprint density at radius 1 is 1.02 bits per heavy atom. The monoisotopic (exact) mass is 576 g/mol. The molecule has 4 aromatic rings. The second kappa shape index (κ2) is 13.1. The number of rotatable bonds is 14. The first-order chi connectivity index (χ1) is 19.5. The molecule has 0 aliphatic carbocycles. The number of sulfonamides is 1. The van der Waals surface area contributed by atoms with Crippen LogP contribution >= 0.6 is 0 Å². The van der Waals surface area contributed by atoms with Crippen LogP contribution in [0.25, 0.3) is 11.3 Å². The quantitative estimate of drug-likeness (QED) is 0.168. The number of aliphatic hydroxyl groups excluding tert-OH is 1. The van der Waals surface area contributed by atoms with Crippen molar-refractivity contribution in [1.29, 1.82) is 0 Å². The van der Waals surface area contributed by atoms with Gasteiger partial charge in [-0.05, 0) is 68.1 Å². The third-order valence-electron chi connectivity index (χ3n) is 6.83. The fourth-order valence-electron chi connectivity index (χ4n) is 4.38. The van der Waals surface area contributed by atoms with Gasteiger partial charge in [0.25, 0.3) is 10.0 Å². The number of aromatic nitrogens is 2. The number of nitrogens with one attached hydrogen (secondary N) is 2. The second-order valence-corrected chi connectivity index (χ2v) is 12.3. The number of hydrogen-bond acceptors (Lipinski definition) is 6. The largest absolute Gasteiger partial charge is 0.481 e. The van der Waals surface area contributed by atoms with Crippen LogP contribution in [0.5, 0.6) is 0 Å². The zero-order chi connectivity index (χ0) is 29.5. The van der Waals surface area contributed by atoms with Crippen LogP contribution in [0, 0.1) is 0 Å². The van der Waals surface area contributed by atoms with E-state index in [1.54, 1.807) is 48.8 Å². The van der Waals surface area contributed by atoms with E-state index in [0.717, 1.165) is 23.2 Å². The molecule has 0 spiro atoms. The van der Waals surface area contributed by atoms with Crippen molar-refractivity contribution in [2.45, 2.75) is 56.2 Å². The third-order valence-corrected chi connectivity index (χ3v) is 8.23. The van der Waals surface area contributed by atoms with Crippen LogP contribution in [0.2, 0.25) is 0 Å². The predicted octanol–water partition coefficient (Wildman–Crippen LogP) is 4.86. The lowest BCUT2D eigenvalue weighted by molar-refractivity contribution is -0.136. The van der Waals surface area contributed by atoms with Gasteiger partial charge in [0, 0.05) is 42.5 Å². The van der Waals surface area contributed by atoms with Gasteiger partial charge in [0.15, 0.2) is 0 Å². The first kappa shape index (κ1) is 30.0. The number of aryl methyl sites for hydroxylation is 2. The van der Waals surface area contributed by atoms with E-state index in [0.29, 0.717) is 30.8 Å². The van der Waals surface area contributed by atoms with Gasteiger partial charge < -0.3 is 20.1 Å². The number of imidazole rings is 1. The molecule has 0 fully saturated rings. The molecule has 3 aromatic carbocycles. The van der Waals surface area contributed by atoms with E-state index >= 15 is 0 Å². The maximum atomic E-state index is 12.7. The smallest absolute Gasteiger partial charge is 0.303 e. The summed E-state index contributed by atoms with van der Waals surface area (Å²) in [6.07, 6.45) is 4.26. The molecule has 216 valence electrons. The van der Waals surface area contributed by atoms with Crippen molar-refractivity contribution >= 4 is 21.7 Å². The third kappa shape index (κ3) is 8.75. The highest BCUT2D eigenvalue weighted by Gasteiger charge is 2.20. The van der Waals surface area contributed by atoms with Gasteiger partial charge in [0.1, 0.15) is 0 Å². The number of benzene rings is 3. The van der Waals surface area contributed by atoms with Gasteiger partial charge in [0.2, 0.25) is 0 Å². The Balaban J connectivity index is 1.30. The zero-order valence-corrected chi connectivity index (χ0v) is 24.0. The minimum Gasteiger partial charge on any atom is -0.481 e. The Bertz CT molecular complexity index is 1570.